The third-order valence-electron chi connectivity index (χ3n) is 4.85. The van der Waals surface area contributed by atoms with Gasteiger partial charge in [-0.1, -0.05) is 46.9 Å². The molecule has 0 spiro atoms. The molecule has 0 radical (unpaired) electrons. The number of carbonyl (C=O) groups is 2. The maximum atomic E-state index is 12.0. The van der Waals surface area contributed by atoms with Crippen LogP contribution in [-0.4, -0.2) is 21.1 Å². The highest BCUT2D eigenvalue weighted by Gasteiger charge is 2.09. The van der Waals surface area contributed by atoms with Gasteiger partial charge in [0.1, 0.15) is 13.2 Å². The highest BCUT2D eigenvalue weighted by Crippen LogP contribution is 2.09. The van der Waals surface area contributed by atoms with E-state index < -0.39 is 0 Å². The van der Waals surface area contributed by atoms with E-state index in [4.69, 9.17) is 9.47 Å². The normalized spacial score (nSPS) is 10.8. The van der Waals surface area contributed by atoms with Crippen LogP contribution < -0.4 is 9.75 Å². The lowest BCUT2D eigenvalue weighted by Gasteiger charge is -2.08. The largest absolute Gasteiger partial charge is 0.461 e. The Kier molecular flexibility index (Phi) is 8.18. The van der Waals surface area contributed by atoms with Crippen molar-refractivity contribution in [3.05, 3.63) is 76.9 Å². The van der Waals surface area contributed by atoms with Crippen molar-refractivity contribution in [1.82, 2.24) is 9.13 Å². The summed E-state index contributed by atoms with van der Waals surface area (Å²) in [6.45, 7) is 4.52. The van der Waals surface area contributed by atoms with Crippen LogP contribution in [-0.2, 0) is 45.4 Å². The second-order valence-electron chi connectivity index (χ2n) is 7.23. The Bertz CT molecular complexity index is 1090. The van der Waals surface area contributed by atoms with E-state index in [1.165, 1.54) is 0 Å². The first-order valence-corrected chi connectivity index (χ1v) is 11.8. The van der Waals surface area contributed by atoms with Gasteiger partial charge in [0, 0.05) is 35.2 Å². The molecular weight excluding hydrogens is 452 g/mol. The van der Waals surface area contributed by atoms with E-state index in [0.29, 0.717) is 13.1 Å². The second-order valence-corrected chi connectivity index (χ2v) is 8.87. The van der Waals surface area contributed by atoms with Crippen molar-refractivity contribution in [1.29, 1.82) is 0 Å². The van der Waals surface area contributed by atoms with E-state index in [1.54, 1.807) is 44.2 Å². The zero-order valence-corrected chi connectivity index (χ0v) is 19.5. The van der Waals surface area contributed by atoms with Crippen LogP contribution in [0, 0.1) is 13.8 Å². The van der Waals surface area contributed by atoms with Gasteiger partial charge in [-0.05, 0) is 25.0 Å². The average molecular weight is 477 g/mol. The Morgan fingerprint density at radius 3 is 1.44 bits per heavy atom. The second kappa shape index (κ2) is 11.1. The fourth-order valence-corrected chi connectivity index (χ4v) is 4.48. The van der Waals surface area contributed by atoms with Gasteiger partial charge in [-0.15, -0.1) is 0 Å². The van der Waals surface area contributed by atoms with Gasteiger partial charge in [-0.2, -0.15) is 0 Å². The smallest absolute Gasteiger partial charge is 0.307 e. The molecule has 0 saturated heterocycles. The lowest BCUT2D eigenvalue weighted by Crippen LogP contribution is -2.18. The summed E-state index contributed by atoms with van der Waals surface area (Å²) in [5, 5.41) is 3.52. The molecule has 32 heavy (non-hydrogen) atoms. The van der Waals surface area contributed by atoms with Crippen LogP contribution in [0.3, 0.4) is 0 Å². The lowest BCUT2D eigenvalue weighted by molar-refractivity contribution is -0.146. The number of hydrogen-bond acceptors (Lipinski definition) is 8. The number of carbonyl (C=O) groups excluding carboxylic acids is 2. The molecule has 10 heteroatoms. The van der Waals surface area contributed by atoms with Crippen LogP contribution in [0.2, 0.25) is 0 Å². The van der Waals surface area contributed by atoms with Crippen LogP contribution in [0.4, 0.5) is 0 Å². The first-order chi connectivity index (χ1) is 15.3. The average Bonchev–Trinajstić information content (AvgIpc) is 3.28. The fourth-order valence-electron chi connectivity index (χ4n) is 2.96. The van der Waals surface area contributed by atoms with E-state index in [2.05, 4.69) is 0 Å². The van der Waals surface area contributed by atoms with Gasteiger partial charge >= 0.3 is 21.7 Å². The molecule has 2 aromatic heterocycles. The van der Waals surface area contributed by atoms with Crippen LogP contribution in [0.15, 0.2) is 44.6 Å². The molecule has 0 saturated carbocycles. The van der Waals surface area contributed by atoms with Gasteiger partial charge in [-0.3, -0.25) is 19.2 Å². The number of rotatable bonds is 10. The quantitative estimate of drug-likeness (QED) is 0.418. The molecule has 0 aliphatic heterocycles. The Morgan fingerprint density at radius 2 is 1.12 bits per heavy atom. The summed E-state index contributed by atoms with van der Waals surface area (Å²) < 4.78 is 13.6. The van der Waals surface area contributed by atoms with Crippen molar-refractivity contribution in [2.45, 2.75) is 53.0 Å². The molecule has 0 aliphatic rings. The summed E-state index contributed by atoms with van der Waals surface area (Å²) in [6, 6.07) is 7.22. The zero-order valence-electron chi connectivity index (χ0n) is 17.9. The Morgan fingerprint density at radius 1 is 0.750 bits per heavy atom. The van der Waals surface area contributed by atoms with Crippen LogP contribution >= 0.6 is 22.7 Å². The van der Waals surface area contributed by atoms with Crippen LogP contribution in [0.1, 0.15) is 35.4 Å². The fraction of sp³-hybridized carbons (Fsp3) is 0.364. The monoisotopic (exact) mass is 476 g/mol. The SMILES string of the molecule is Cc1csc(=O)n1CCC(=O)OCc1ccc(COC(=O)CCn2c(C)csc2=O)cc1. The number of nitrogens with zero attached hydrogens (tertiary/aromatic N) is 2. The number of aromatic nitrogens is 2. The number of hydrogen-bond donors (Lipinski definition) is 0. The molecule has 0 N–H and O–H groups in total. The number of thiazole rings is 2. The van der Waals surface area contributed by atoms with Crippen LogP contribution in [0.25, 0.3) is 0 Å². The molecule has 0 atom stereocenters. The van der Waals surface area contributed by atoms with Crippen molar-refractivity contribution in [3.8, 4) is 0 Å². The predicted octanol–water partition coefficient (Wildman–Crippen LogP) is 3.02. The Balaban J connectivity index is 1.38. The van der Waals surface area contributed by atoms with E-state index in [1.807, 2.05) is 13.8 Å². The lowest BCUT2D eigenvalue weighted by atomic mass is 10.1. The summed E-state index contributed by atoms with van der Waals surface area (Å²) in [5.74, 6) is -0.749. The van der Waals surface area contributed by atoms with Crippen molar-refractivity contribution >= 4 is 34.6 Å². The molecule has 0 unspecified atom stereocenters. The molecular formula is C22H24N2O6S2. The summed E-state index contributed by atoms with van der Waals surface area (Å²) in [6.07, 6.45) is 0.255. The molecule has 3 rings (SSSR count). The first kappa shape index (κ1) is 23.7. The predicted molar refractivity (Wildman–Crippen MR) is 122 cm³/mol. The third kappa shape index (κ3) is 6.51. The Hall–Kier alpha value is -2.98. The van der Waals surface area contributed by atoms with Gasteiger partial charge in [0.25, 0.3) is 0 Å². The minimum atomic E-state index is -0.375. The molecule has 0 bridgehead atoms. The highest BCUT2D eigenvalue weighted by atomic mass is 32.1. The van der Waals surface area contributed by atoms with Crippen molar-refractivity contribution in [2.24, 2.45) is 0 Å². The molecule has 3 aromatic rings. The summed E-state index contributed by atoms with van der Waals surface area (Å²) in [7, 11) is 0. The molecule has 0 fully saturated rings. The standard InChI is InChI=1S/C22H24N2O6S2/c1-15-13-31-21(27)23(15)9-7-19(25)29-11-17-3-5-18(6-4-17)12-30-20(26)8-10-24-16(2)14-32-22(24)28/h3-6,13-14H,7-12H2,1-2H3. The number of esters is 2. The maximum absolute atomic E-state index is 12.0. The van der Waals surface area contributed by atoms with Gasteiger partial charge in [-0.25, -0.2) is 0 Å². The van der Waals surface area contributed by atoms with E-state index >= 15 is 0 Å². The maximum Gasteiger partial charge on any atom is 0.307 e. The van der Waals surface area contributed by atoms with Crippen molar-refractivity contribution < 1.29 is 19.1 Å². The minimum Gasteiger partial charge on any atom is -0.461 e. The zero-order chi connectivity index (χ0) is 23.1. The van der Waals surface area contributed by atoms with Crippen molar-refractivity contribution in [3.63, 3.8) is 0 Å². The van der Waals surface area contributed by atoms with Crippen LogP contribution in [0.5, 0.6) is 0 Å². The minimum absolute atomic E-state index is 0.0814. The summed E-state index contributed by atoms with van der Waals surface area (Å²) >= 11 is 2.23. The number of aryl methyl sites for hydroxylation is 2. The molecule has 0 amide bonds. The number of ether oxygens (including phenoxy) is 2. The summed E-state index contributed by atoms with van der Waals surface area (Å²) in [5.41, 5.74) is 3.29. The van der Waals surface area contributed by atoms with Gasteiger partial charge < -0.3 is 18.6 Å². The topological polar surface area (TPSA) is 96.6 Å². The van der Waals surface area contributed by atoms with E-state index in [0.717, 1.165) is 45.2 Å². The number of benzene rings is 1. The third-order valence-corrected chi connectivity index (χ3v) is 6.62. The van der Waals surface area contributed by atoms with E-state index in [-0.39, 0.29) is 47.7 Å². The molecule has 2 heterocycles. The van der Waals surface area contributed by atoms with E-state index in [9.17, 15) is 19.2 Å². The summed E-state index contributed by atoms with van der Waals surface area (Å²) in [4.78, 5) is 47.1. The molecule has 170 valence electrons. The highest BCUT2D eigenvalue weighted by molar-refractivity contribution is 7.07. The Labute approximate surface area is 192 Å². The first-order valence-electron chi connectivity index (χ1n) is 10.0. The van der Waals surface area contributed by atoms with Gasteiger partial charge in [0.05, 0.1) is 12.8 Å². The molecule has 8 nitrogen and oxygen atoms in total. The van der Waals surface area contributed by atoms with Gasteiger partial charge in [0.2, 0.25) is 0 Å². The molecule has 0 aliphatic carbocycles. The van der Waals surface area contributed by atoms with Crippen molar-refractivity contribution in [2.75, 3.05) is 0 Å². The van der Waals surface area contributed by atoms with Gasteiger partial charge in [0.15, 0.2) is 0 Å². The molecule has 1 aromatic carbocycles.